The Hall–Kier alpha value is -4.01. The number of hydrogen-bond donors (Lipinski definition) is 1. The molecule has 4 aromatic rings. The van der Waals surface area contributed by atoms with E-state index in [0.717, 1.165) is 29.4 Å². The van der Waals surface area contributed by atoms with Gasteiger partial charge < -0.3 is 14.5 Å². The van der Waals surface area contributed by atoms with Gasteiger partial charge in [-0.1, -0.05) is 18.2 Å². The minimum atomic E-state index is -0.0460. The van der Waals surface area contributed by atoms with E-state index in [1.807, 2.05) is 52.3 Å². The molecule has 3 fully saturated rings. The van der Waals surface area contributed by atoms with Crippen LogP contribution >= 0.6 is 0 Å². The summed E-state index contributed by atoms with van der Waals surface area (Å²) in [5.74, 6) is 2.22. The second-order valence-corrected chi connectivity index (χ2v) is 9.84. The molecule has 3 aliphatic rings. The normalized spacial score (nSPS) is 24.9. The molecule has 0 radical (unpaired) electrons. The fourth-order valence-corrected chi connectivity index (χ4v) is 6.46. The summed E-state index contributed by atoms with van der Waals surface area (Å²) in [5, 5.41) is 12.6. The largest absolute Gasteiger partial charge is 0.481 e. The standard InChI is InChI=1S/C26H24N6O3/c1-35-24-16-5-3-2-4-14(16)8-23(27-24)26(34)32-12-19-17-10-31(11-18(17)20(19)13-32)25(33)15-6-7-21-22(9-15)29-30-28-21/h2-9,17-20H,10-13H2,1H3,(H,28,29,30)/t17-,18+,19?,20?. The van der Waals surface area contributed by atoms with Gasteiger partial charge >= 0.3 is 0 Å². The van der Waals surface area contributed by atoms with Gasteiger partial charge in [0, 0.05) is 37.1 Å². The van der Waals surface area contributed by atoms with Crippen molar-refractivity contribution in [3.63, 3.8) is 0 Å². The highest BCUT2D eigenvalue weighted by Crippen LogP contribution is 2.54. The number of aromatic amines is 1. The van der Waals surface area contributed by atoms with Crippen LogP contribution < -0.4 is 4.74 Å². The van der Waals surface area contributed by atoms with E-state index in [0.29, 0.717) is 59.4 Å². The number of carbonyl (C=O) groups excluding carboxylic acids is 2. The SMILES string of the molecule is COc1nc(C(=O)N2CC3C(C2)[C@@H]2CN(C(=O)c4ccc5n[nH]nc5c4)C[C@H]32)cc2ccccc12. The van der Waals surface area contributed by atoms with Crippen LogP contribution in [0.2, 0.25) is 0 Å². The number of pyridine rings is 1. The van der Waals surface area contributed by atoms with E-state index in [2.05, 4.69) is 20.4 Å². The quantitative estimate of drug-likeness (QED) is 0.496. The molecule has 2 saturated heterocycles. The van der Waals surface area contributed by atoms with E-state index in [1.165, 1.54) is 0 Å². The van der Waals surface area contributed by atoms with Crippen molar-refractivity contribution in [3.8, 4) is 5.88 Å². The topological polar surface area (TPSA) is 104 Å². The molecule has 1 aliphatic carbocycles. The number of benzene rings is 2. The summed E-state index contributed by atoms with van der Waals surface area (Å²) < 4.78 is 5.46. The fraction of sp³-hybridized carbons (Fsp3) is 0.346. The summed E-state index contributed by atoms with van der Waals surface area (Å²) in [4.78, 5) is 35.0. The number of nitrogens with zero attached hydrogens (tertiary/aromatic N) is 5. The lowest BCUT2D eigenvalue weighted by Crippen LogP contribution is -2.44. The molecule has 35 heavy (non-hydrogen) atoms. The van der Waals surface area contributed by atoms with Gasteiger partial charge in [0.15, 0.2) is 0 Å². The molecule has 4 atom stereocenters. The van der Waals surface area contributed by atoms with Crippen LogP contribution in [0, 0.1) is 23.7 Å². The molecular weight excluding hydrogens is 444 g/mol. The molecule has 2 aromatic heterocycles. The molecule has 4 heterocycles. The van der Waals surface area contributed by atoms with Crippen molar-refractivity contribution in [2.75, 3.05) is 33.3 Å². The first kappa shape index (κ1) is 20.4. The molecule has 176 valence electrons. The van der Waals surface area contributed by atoms with Crippen molar-refractivity contribution < 1.29 is 14.3 Å². The van der Waals surface area contributed by atoms with Crippen LogP contribution in [-0.4, -0.2) is 75.3 Å². The fourth-order valence-electron chi connectivity index (χ4n) is 6.46. The second-order valence-electron chi connectivity index (χ2n) is 9.84. The highest BCUT2D eigenvalue weighted by Gasteiger charge is 2.59. The van der Waals surface area contributed by atoms with Crippen molar-refractivity contribution in [2.24, 2.45) is 23.7 Å². The van der Waals surface area contributed by atoms with Crippen molar-refractivity contribution in [1.29, 1.82) is 0 Å². The number of carbonyl (C=O) groups is 2. The third-order valence-electron chi connectivity index (χ3n) is 8.18. The smallest absolute Gasteiger partial charge is 0.272 e. The number of likely N-dealkylation sites (tertiary alicyclic amines) is 2. The van der Waals surface area contributed by atoms with Gasteiger partial charge in [0.05, 0.1) is 7.11 Å². The Morgan fingerprint density at radius 2 is 1.51 bits per heavy atom. The molecule has 9 nitrogen and oxygen atoms in total. The summed E-state index contributed by atoms with van der Waals surface area (Å²) >= 11 is 0. The predicted molar refractivity (Wildman–Crippen MR) is 128 cm³/mol. The maximum atomic E-state index is 13.4. The zero-order valence-corrected chi connectivity index (χ0v) is 19.2. The Labute approximate surface area is 201 Å². The average Bonchev–Trinajstić information content (AvgIpc) is 3.61. The van der Waals surface area contributed by atoms with Gasteiger partial charge in [0.2, 0.25) is 5.88 Å². The molecule has 2 unspecified atom stereocenters. The number of methoxy groups -OCH3 is 1. The number of nitrogens with one attached hydrogen (secondary N) is 1. The van der Waals surface area contributed by atoms with Crippen molar-refractivity contribution in [1.82, 2.24) is 30.2 Å². The molecule has 1 saturated carbocycles. The highest BCUT2D eigenvalue weighted by molar-refractivity contribution is 5.99. The van der Waals surface area contributed by atoms with E-state index < -0.39 is 0 Å². The first-order valence-corrected chi connectivity index (χ1v) is 11.9. The molecule has 2 amide bonds. The average molecular weight is 469 g/mol. The molecular formula is C26H24N6O3. The lowest BCUT2D eigenvalue weighted by molar-refractivity contribution is 0.0629. The maximum absolute atomic E-state index is 13.4. The number of fused-ring (bicyclic) bond motifs is 6. The van der Waals surface area contributed by atoms with Gasteiger partial charge in [-0.2, -0.15) is 15.4 Å². The van der Waals surface area contributed by atoms with Crippen LogP contribution in [0.5, 0.6) is 5.88 Å². The van der Waals surface area contributed by atoms with Gasteiger partial charge in [0.1, 0.15) is 16.7 Å². The summed E-state index contributed by atoms with van der Waals surface area (Å²) in [6.07, 6.45) is 0. The van der Waals surface area contributed by atoms with Crippen LogP contribution in [0.3, 0.4) is 0 Å². The Bertz CT molecular complexity index is 1480. The molecule has 2 aromatic carbocycles. The summed E-state index contributed by atoms with van der Waals surface area (Å²) in [6, 6.07) is 15.1. The number of rotatable bonds is 3. The molecule has 9 heteroatoms. The minimum Gasteiger partial charge on any atom is -0.481 e. The van der Waals surface area contributed by atoms with Gasteiger partial charge in [-0.15, -0.1) is 0 Å². The maximum Gasteiger partial charge on any atom is 0.272 e. The van der Waals surface area contributed by atoms with Crippen molar-refractivity contribution >= 4 is 33.6 Å². The first-order chi connectivity index (χ1) is 17.1. The zero-order chi connectivity index (χ0) is 23.7. The van der Waals surface area contributed by atoms with E-state index in [1.54, 1.807) is 13.2 Å². The van der Waals surface area contributed by atoms with Gasteiger partial charge in [-0.3, -0.25) is 9.59 Å². The predicted octanol–water partition coefficient (Wildman–Crippen LogP) is 2.60. The third kappa shape index (κ3) is 3.03. The van der Waals surface area contributed by atoms with E-state index in [4.69, 9.17) is 4.74 Å². The second kappa shape index (κ2) is 7.49. The summed E-state index contributed by atoms with van der Waals surface area (Å²) in [6.45, 7) is 2.92. The molecule has 0 bridgehead atoms. The van der Waals surface area contributed by atoms with Gasteiger partial charge in [-0.25, -0.2) is 4.98 Å². The van der Waals surface area contributed by atoms with Crippen molar-refractivity contribution in [2.45, 2.75) is 0 Å². The number of ether oxygens (including phenoxy) is 1. The highest BCUT2D eigenvalue weighted by atomic mass is 16.5. The summed E-state index contributed by atoms with van der Waals surface area (Å²) in [5.41, 5.74) is 2.52. The molecule has 7 rings (SSSR count). The zero-order valence-electron chi connectivity index (χ0n) is 19.2. The van der Waals surface area contributed by atoms with Crippen LogP contribution in [0.15, 0.2) is 48.5 Å². The van der Waals surface area contributed by atoms with Crippen molar-refractivity contribution in [3.05, 3.63) is 59.8 Å². The lowest BCUT2D eigenvalue weighted by Gasteiger charge is -2.42. The lowest BCUT2D eigenvalue weighted by atomic mass is 9.60. The monoisotopic (exact) mass is 468 g/mol. The molecule has 1 N–H and O–H groups in total. The summed E-state index contributed by atoms with van der Waals surface area (Å²) in [7, 11) is 1.58. The van der Waals surface area contributed by atoms with Crippen LogP contribution in [0.1, 0.15) is 20.8 Å². The Morgan fingerprint density at radius 3 is 2.23 bits per heavy atom. The Balaban J connectivity index is 1.06. The third-order valence-corrected chi connectivity index (χ3v) is 8.18. The molecule has 2 aliphatic heterocycles. The number of H-pyrrole nitrogens is 1. The minimum absolute atomic E-state index is 0.0442. The van der Waals surface area contributed by atoms with Gasteiger partial charge in [0.25, 0.3) is 11.8 Å². The van der Waals surface area contributed by atoms with Crippen LogP contribution in [0.25, 0.3) is 21.8 Å². The Kier molecular flexibility index (Phi) is 4.36. The van der Waals surface area contributed by atoms with Crippen LogP contribution in [-0.2, 0) is 0 Å². The van der Waals surface area contributed by atoms with Gasteiger partial charge in [-0.05, 0) is 59.4 Å². The van der Waals surface area contributed by atoms with E-state index >= 15 is 0 Å². The van der Waals surface area contributed by atoms with E-state index in [-0.39, 0.29) is 11.8 Å². The number of hydrogen-bond acceptors (Lipinski definition) is 6. The van der Waals surface area contributed by atoms with E-state index in [9.17, 15) is 9.59 Å². The number of amides is 2. The Morgan fingerprint density at radius 1 is 0.857 bits per heavy atom. The number of aromatic nitrogens is 4. The van der Waals surface area contributed by atoms with Crippen LogP contribution in [0.4, 0.5) is 0 Å². The molecule has 0 spiro atoms. The first-order valence-electron chi connectivity index (χ1n) is 11.9.